The molecule has 3 aromatic carbocycles. The van der Waals surface area contributed by atoms with Crippen LogP contribution in [0.25, 0.3) is 16.8 Å². The molecule has 0 aliphatic rings. The van der Waals surface area contributed by atoms with Gasteiger partial charge in [-0.15, -0.1) is 0 Å². The lowest BCUT2D eigenvalue weighted by Crippen LogP contribution is -2.05. The van der Waals surface area contributed by atoms with Gasteiger partial charge >= 0.3 is 0 Å². The van der Waals surface area contributed by atoms with Gasteiger partial charge in [-0.2, -0.15) is 0 Å². The molecule has 1 aromatic heterocycles. The van der Waals surface area contributed by atoms with Gasteiger partial charge in [0.05, 0.1) is 26.3 Å². The Kier molecular flexibility index (Phi) is 6.41. The zero-order valence-corrected chi connectivity index (χ0v) is 19.3. The molecule has 0 unspecified atom stereocenters. The molecule has 9 heteroatoms. The fraction of sp³-hybridized carbons (Fsp3) is 0.115. The van der Waals surface area contributed by atoms with Crippen LogP contribution in [0.1, 0.15) is 15.9 Å². The Morgan fingerprint density at radius 3 is 2.11 bits per heavy atom. The maximum atomic E-state index is 13.8. The molecule has 0 amide bonds. The highest BCUT2D eigenvalue weighted by molar-refractivity contribution is 6.13. The van der Waals surface area contributed by atoms with E-state index in [4.69, 9.17) is 19.9 Å². The third-order valence-corrected chi connectivity index (χ3v) is 5.56. The number of ketones is 1. The number of methoxy groups -OCH3 is 3. The number of rotatable bonds is 8. The molecule has 0 fully saturated rings. The number of nitro benzene ring substituents is 1. The Morgan fingerprint density at radius 1 is 0.914 bits per heavy atom. The molecule has 0 aliphatic heterocycles. The molecule has 9 nitrogen and oxygen atoms in total. The summed E-state index contributed by atoms with van der Waals surface area (Å²) >= 11 is 0. The van der Waals surface area contributed by atoms with E-state index in [2.05, 4.69) is 0 Å². The SMILES string of the molecule is COc1cc(C(=O)c2cn(-c3cccc(N)c3)cc2-c2ccc([N+](=O)[O-])cc2)cc(OC)c1OC. The second-order valence-corrected chi connectivity index (χ2v) is 7.63. The number of nitro groups is 1. The number of hydrogen-bond donors (Lipinski definition) is 1. The molecule has 0 atom stereocenters. The van der Waals surface area contributed by atoms with Gasteiger partial charge in [-0.05, 0) is 48.0 Å². The molecule has 4 rings (SSSR count). The second kappa shape index (κ2) is 9.60. The minimum atomic E-state index is -0.469. The third kappa shape index (κ3) is 4.51. The van der Waals surface area contributed by atoms with Crippen LogP contribution < -0.4 is 19.9 Å². The van der Waals surface area contributed by atoms with Crippen LogP contribution in [-0.2, 0) is 0 Å². The average molecular weight is 473 g/mol. The van der Waals surface area contributed by atoms with E-state index in [1.807, 2.05) is 12.1 Å². The van der Waals surface area contributed by atoms with Crippen molar-refractivity contribution >= 4 is 17.2 Å². The highest BCUT2D eigenvalue weighted by Crippen LogP contribution is 2.39. The summed E-state index contributed by atoms with van der Waals surface area (Å²) in [5.74, 6) is 0.782. The van der Waals surface area contributed by atoms with E-state index in [1.165, 1.54) is 33.5 Å². The topological polar surface area (TPSA) is 119 Å². The number of non-ortho nitro benzene ring substituents is 1. The van der Waals surface area contributed by atoms with Crippen LogP contribution in [0.2, 0.25) is 0 Å². The quantitative estimate of drug-likeness (QED) is 0.167. The number of nitrogens with zero attached hydrogens (tertiary/aromatic N) is 2. The lowest BCUT2D eigenvalue weighted by atomic mass is 9.97. The van der Waals surface area contributed by atoms with Gasteiger partial charge in [0.2, 0.25) is 5.75 Å². The number of ether oxygens (including phenoxy) is 3. The summed E-state index contributed by atoms with van der Waals surface area (Å²) in [6.07, 6.45) is 3.50. The van der Waals surface area contributed by atoms with Gasteiger partial charge in [0.15, 0.2) is 17.3 Å². The summed E-state index contributed by atoms with van der Waals surface area (Å²) in [7, 11) is 4.44. The Bertz CT molecular complexity index is 1380. The zero-order valence-electron chi connectivity index (χ0n) is 19.3. The van der Waals surface area contributed by atoms with Crippen LogP contribution in [0.3, 0.4) is 0 Å². The molecule has 0 radical (unpaired) electrons. The van der Waals surface area contributed by atoms with Crippen molar-refractivity contribution in [2.45, 2.75) is 0 Å². The maximum Gasteiger partial charge on any atom is 0.269 e. The van der Waals surface area contributed by atoms with Crippen LogP contribution >= 0.6 is 0 Å². The predicted octanol–water partition coefficient (Wildman–Crippen LogP) is 4.89. The fourth-order valence-corrected chi connectivity index (χ4v) is 3.83. The van der Waals surface area contributed by atoms with E-state index in [9.17, 15) is 14.9 Å². The standard InChI is InChI=1S/C26H23N3O6/c1-33-23-11-17(12-24(34-2)26(23)35-3)25(30)22-15-28(20-6-4-5-18(27)13-20)14-21(22)16-7-9-19(10-8-16)29(31)32/h4-15H,27H2,1-3H3. The van der Waals surface area contributed by atoms with Gasteiger partial charge in [0, 0.05) is 52.6 Å². The molecule has 4 aromatic rings. The summed E-state index contributed by atoms with van der Waals surface area (Å²) in [5, 5.41) is 11.1. The molecule has 0 spiro atoms. The number of anilines is 1. The van der Waals surface area contributed by atoms with Gasteiger partial charge in [-0.25, -0.2) is 0 Å². The van der Waals surface area contributed by atoms with Gasteiger partial charge in [0.25, 0.3) is 5.69 Å². The molecular weight excluding hydrogens is 450 g/mol. The Balaban J connectivity index is 1.88. The van der Waals surface area contributed by atoms with Crippen LogP contribution in [0.4, 0.5) is 11.4 Å². The van der Waals surface area contributed by atoms with Crippen molar-refractivity contribution < 1.29 is 23.9 Å². The summed E-state index contributed by atoms with van der Waals surface area (Å²) < 4.78 is 18.0. The number of nitrogen functional groups attached to an aromatic ring is 1. The average Bonchev–Trinajstić information content (AvgIpc) is 3.33. The summed E-state index contributed by atoms with van der Waals surface area (Å²) in [6, 6.07) is 16.4. The number of carbonyl (C=O) groups excluding carboxylic acids is 1. The van der Waals surface area contributed by atoms with Gasteiger partial charge in [-0.1, -0.05) is 6.07 Å². The summed E-state index contributed by atoms with van der Waals surface area (Å²) in [5.41, 5.74) is 9.21. The molecule has 2 N–H and O–H groups in total. The van der Waals surface area contributed by atoms with E-state index in [0.29, 0.717) is 45.2 Å². The molecule has 0 bridgehead atoms. The third-order valence-electron chi connectivity index (χ3n) is 5.56. The van der Waals surface area contributed by atoms with Gasteiger partial charge in [-0.3, -0.25) is 14.9 Å². The van der Waals surface area contributed by atoms with E-state index >= 15 is 0 Å². The molecule has 0 saturated carbocycles. The lowest BCUT2D eigenvalue weighted by Gasteiger charge is -2.14. The van der Waals surface area contributed by atoms with Crippen LogP contribution in [0.15, 0.2) is 73.1 Å². The normalized spacial score (nSPS) is 10.6. The first-order chi connectivity index (χ1) is 16.9. The Labute approximate surface area is 201 Å². The smallest absolute Gasteiger partial charge is 0.269 e. The van der Waals surface area contributed by atoms with Crippen molar-refractivity contribution in [3.05, 3.63) is 94.3 Å². The first-order valence-corrected chi connectivity index (χ1v) is 10.5. The zero-order chi connectivity index (χ0) is 25.1. The lowest BCUT2D eigenvalue weighted by molar-refractivity contribution is -0.384. The number of hydrogen-bond acceptors (Lipinski definition) is 7. The van der Waals surface area contributed by atoms with E-state index in [0.717, 1.165) is 5.69 Å². The highest BCUT2D eigenvalue weighted by atomic mass is 16.6. The first-order valence-electron chi connectivity index (χ1n) is 10.5. The van der Waals surface area contributed by atoms with Gasteiger partial charge < -0.3 is 24.5 Å². The largest absolute Gasteiger partial charge is 0.493 e. The second-order valence-electron chi connectivity index (χ2n) is 7.63. The van der Waals surface area contributed by atoms with Gasteiger partial charge in [0.1, 0.15) is 0 Å². The number of carbonyl (C=O) groups is 1. The Morgan fingerprint density at radius 2 is 1.57 bits per heavy atom. The summed E-state index contributed by atoms with van der Waals surface area (Å²) in [4.78, 5) is 24.4. The molecule has 35 heavy (non-hydrogen) atoms. The van der Waals surface area contributed by atoms with Crippen molar-refractivity contribution in [3.8, 4) is 34.1 Å². The summed E-state index contributed by atoms with van der Waals surface area (Å²) in [6.45, 7) is 0. The van der Waals surface area contributed by atoms with Crippen molar-refractivity contribution in [1.29, 1.82) is 0 Å². The number of nitrogens with two attached hydrogens (primary N) is 1. The highest BCUT2D eigenvalue weighted by Gasteiger charge is 2.23. The molecule has 0 aliphatic carbocycles. The maximum absolute atomic E-state index is 13.8. The minimum Gasteiger partial charge on any atom is -0.493 e. The monoisotopic (exact) mass is 473 g/mol. The Hall–Kier alpha value is -4.79. The molecular formula is C26H23N3O6. The van der Waals surface area contributed by atoms with Crippen molar-refractivity contribution in [2.75, 3.05) is 27.1 Å². The number of aromatic nitrogens is 1. The molecule has 1 heterocycles. The van der Waals surface area contributed by atoms with E-state index < -0.39 is 4.92 Å². The van der Waals surface area contributed by atoms with Crippen molar-refractivity contribution in [2.24, 2.45) is 0 Å². The van der Waals surface area contributed by atoms with E-state index in [1.54, 1.807) is 53.4 Å². The first kappa shape index (κ1) is 23.4. The van der Waals surface area contributed by atoms with E-state index in [-0.39, 0.29) is 11.5 Å². The number of benzene rings is 3. The molecule has 178 valence electrons. The van der Waals surface area contributed by atoms with Crippen LogP contribution in [0.5, 0.6) is 17.2 Å². The van der Waals surface area contributed by atoms with Crippen LogP contribution in [-0.4, -0.2) is 36.6 Å². The minimum absolute atomic E-state index is 0.0403. The molecule has 0 saturated heterocycles. The predicted molar refractivity (Wildman–Crippen MR) is 132 cm³/mol. The van der Waals surface area contributed by atoms with Crippen LogP contribution in [0, 0.1) is 10.1 Å². The van der Waals surface area contributed by atoms with Crippen molar-refractivity contribution in [3.63, 3.8) is 0 Å². The fourth-order valence-electron chi connectivity index (χ4n) is 3.83. The van der Waals surface area contributed by atoms with Crippen molar-refractivity contribution in [1.82, 2.24) is 4.57 Å².